The van der Waals surface area contributed by atoms with Crippen molar-refractivity contribution < 1.29 is 14.6 Å². The van der Waals surface area contributed by atoms with Crippen molar-refractivity contribution in [2.45, 2.75) is 6.92 Å². The fraction of sp³-hybridized carbons (Fsp3) is 0.125. The summed E-state index contributed by atoms with van der Waals surface area (Å²) in [5, 5.41) is 8.82. The van der Waals surface area contributed by atoms with Crippen molar-refractivity contribution in [3.63, 3.8) is 0 Å². The van der Waals surface area contributed by atoms with Gasteiger partial charge < -0.3 is 9.84 Å². The van der Waals surface area contributed by atoms with Crippen molar-refractivity contribution in [2.75, 3.05) is 7.11 Å². The van der Waals surface area contributed by atoms with Gasteiger partial charge in [-0.25, -0.2) is 4.79 Å². The van der Waals surface area contributed by atoms with E-state index in [1.165, 1.54) is 6.08 Å². The van der Waals surface area contributed by atoms with Gasteiger partial charge in [0.2, 0.25) is 0 Å². The summed E-state index contributed by atoms with van der Waals surface area (Å²) in [5.41, 5.74) is 3.13. The van der Waals surface area contributed by atoms with E-state index in [-0.39, 0.29) is 0 Å². The van der Waals surface area contributed by atoms with Crippen LogP contribution in [0.4, 0.5) is 0 Å². The number of hydrogen-bond donors (Lipinski definition) is 1. The minimum Gasteiger partial charge on any atom is -0.496 e. The zero-order valence-corrected chi connectivity index (χ0v) is 11.3. The molecule has 0 aliphatic carbocycles. The highest BCUT2D eigenvalue weighted by atomic mass is 16.5. The number of aliphatic carboxylic acids is 1. The summed E-state index contributed by atoms with van der Waals surface area (Å²) in [6, 6.07) is 11.2. The lowest BCUT2D eigenvalue weighted by Gasteiger charge is -2.10. The van der Waals surface area contributed by atoms with Gasteiger partial charge in [-0.2, -0.15) is 0 Å². The first-order chi connectivity index (χ1) is 9.61. The first-order valence-corrected chi connectivity index (χ1v) is 6.13. The summed E-state index contributed by atoms with van der Waals surface area (Å²) in [5.74, 6) is -0.256. The number of pyridine rings is 1. The third-order valence-corrected chi connectivity index (χ3v) is 2.94. The molecule has 1 heterocycles. The third kappa shape index (κ3) is 3.03. The normalized spacial score (nSPS) is 11.2. The van der Waals surface area contributed by atoms with Crippen LogP contribution in [0.2, 0.25) is 0 Å². The second kappa shape index (κ2) is 6.02. The monoisotopic (exact) mass is 269 g/mol. The highest BCUT2D eigenvalue weighted by molar-refractivity contribution is 5.90. The maximum absolute atomic E-state index is 10.7. The van der Waals surface area contributed by atoms with Crippen LogP contribution in [0.1, 0.15) is 12.5 Å². The Hall–Kier alpha value is -2.62. The van der Waals surface area contributed by atoms with Gasteiger partial charge in [0.05, 0.1) is 12.8 Å². The van der Waals surface area contributed by atoms with E-state index < -0.39 is 5.97 Å². The van der Waals surface area contributed by atoms with Gasteiger partial charge in [-0.3, -0.25) is 4.98 Å². The molecule has 102 valence electrons. The fourth-order valence-electron chi connectivity index (χ4n) is 1.94. The first kappa shape index (κ1) is 13.8. The summed E-state index contributed by atoms with van der Waals surface area (Å²) in [6.07, 6.45) is 2.89. The molecule has 1 aromatic carbocycles. The second-order valence-corrected chi connectivity index (χ2v) is 4.30. The van der Waals surface area contributed by atoms with E-state index in [0.29, 0.717) is 11.3 Å². The number of ether oxygens (including phenoxy) is 1. The number of aromatic nitrogens is 1. The molecular formula is C16H15NO3. The molecule has 2 rings (SSSR count). The highest BCUT2D eigenvalue weighted by Gasteiger charge is 2.09. The maximum Gasteiger partial charge on any atom is 0.328 e. The minimum atomic E-state index is -0.960. The zero-order chi connectivity index (χ0) is 14.5. The smallest absolute Gasteiger partial charge is 0.328 e. The lowest BCUT2D eigenvalue weighted by Crippen LogP contribution is -1.93. The Morgan fingerprint density at radius 3 is 2.70 bits per heavy atom. The molecule has 4 heteroatoms. The van der Waals surface area contributed by atoms with Gasteiger partial charge in [0, 0.05) is 17.8 Å². The Balaban J connectivity index is 2.53. The lowest BCUT2D eigenvalue weighted by molar-refractivity contribution is -0.131. The van der Waals surface area contributed by atoms with Gasteiger partial charge >= 0.3 is 5.97 Å². The molecule has 0 amide bonds. The van der Waals surface area contributed by atoms with Crippen molar-refractivity contribution in [1.82, 2.24) is 4.98 Å². The van der Waals surface area contributed by atoms with Crippen LogP contribution < -0.4 is 4.74 Å². The quantitative estimate of drug-likeness (QED) is 0.865. The average molecular weight is 269 g/mol. The molecule has 1 aromatic heterocycles. The van der Waals surface area contributed by atoms with E-state index in [1.54, 1.807) is 20.2 Å². The summed E-state index contributed by atoms with van der Waals surface area (Å²) < 4.78 is 5.34. The molecule has 0 radical (unpaired) electrons. The van der Waals surface area contributed by atoms with E-state index in [9.17, 15) is 4.79 Å². The van der Waals surface area contributed by atoms with Crippen molar-refractivity contribution in [2.24, 2.45) is 0 Å². The number of nitrogens with zero attached hydrogens (tertiary/aromatic N) is 1. The lowest BCUT2D eigenvalue weighted by atomic mass is 10.0. The molecule has 4 nitrogen and oxygen atoms in total. The molecule has 0 aliphatic rings. The molecule has 0 bridgehead atoms. The van der Waals surface area contributed by atoms with Gasteiger partial charge in [0.15, 0.2) is 0 Å². The maximum atomic E-state index is 10.7. The molecule has 1 N–H and O–H groups in total. The van der Waals surface area contributed by atoms with Crippen LogP contribution in [0.5, 0.6) is 5.75 Å². The predicted molar refractivity (Wildman–Crippen MR) is 77.5 cm³/mol. The molecule has 0 fully saturated rings. The van der Waals surface area contributed by atoms with Crippen molar-refractivity contribution >= 4 is 11.5 Å². The van der Waals surface area contributed by atoms with Gasteiger partial charge in [-0.15, -0.1) is 0 Å². The summed E-state index contributed by atoms with van der Waals surface area (Å²) in [4.78, 5) is 15.1. The van der Waals surface area contributed by atoms with E-state index >= 15 is 0 Å². The average Bonchev–Trinajstić information content (AvgIpc) is 2.46. The summed E-state index contributed by atoms with van der Waals surface area (Å²) >= 11 is 0. The number of carboxylic acids is 1. The van der Waals surface area contributed by atoms with Gasteiger partial charge in [0.25, 0.3) is 0 Å². The molecule has 20 heavy (non-hydrogen) atoms. The molecule has 0 atom stereocenters. The van der Waals surface area contributed by atoms with Crippen LogP contribution in [0.3, 0.4) is 0 Å². The van der Waals surface area contributed by atoms with Gasteiger partial charge in [-0.05, 0) is 42.3 Å². The van der Waals surface area contributed by atoms with Crippen LogP contribution in [0, 0.1) is 0 Å². The standard InChI is InChI=1S/C16H15NO3/c1-11(9-16(18)19)12-6-7-15(20-2)13(10-12)14-5-3-4-8-17-14/h3-10H,1-2H3,(H,18,19)/b11-9+. The Morgan fingerprint density at radius 2 is 2.10 bits per heavy atom. The van der Waals surface area contributed by atoms with Crippen LogP contribution in [-0.2, 0) is 4.79 Å². The van der Waals surface area contributed by atoms with Crippen LogP contribution in [0.25, 0.3) is 16.8 Å². The van der Waals surface area contributed by atoms with E-state index in [2.05, 4.69) is 4.98 Å². The number of rotatable bonds is 4. The highest BCUT2D eigenvalue weighted by Crippen LogP contribution is 2.31. The third-order valence-electron chi connectivity index (χ3n) is 2.94. The first-order valence-electron chi connectivity index (χ1n) is 6.13. The zero-order valence-electron chi connectivity index (χ0n) is 11.3. The van der Waals surface area contributed by atoms with E-state index in [4.69, 9.17) is 9.84 Å². The molecule has 0 aliphatic heterocycles. The number of allylic oxidation sites excluding steroid dienone is 1. The molecule has 2 aromatic rings. The number of methoxy groups -OCH3 is 1. The summed E-state index contributed by atoms with van der Waals surface area (Å²) in [6.45, 7) is 1.76. The van der Waals surface area contributed by atoms with Gasteiger partial charge in [-0.1, -0.05) is 12.1 Å². The van der Waals surface area contributed by atoms with Crippen molar-refractivity contribution in [3.05, 3.63) is 54.2 Å². The molecular weight excluding hydrogens is 254 g/mol. The van der Waals surface area contributed by atoms with E-state index in [0.717, 1.165) is 16.8 Å². The van der Waals surface area contributed by atoms with Crippen LogP contribution >= 0.6 is 0 Å². The van der Waals surface area contributed by atoms with Crippen molar-refractivity contribution in [1.29, 1.82) is 0 Å². The number of carbonyl (C=O) groups is 1. The number of carboxylic acid groups (broad SMARTS) is 1. The predicted octanol–water partition coefficient (Wildman–Crippen LogP) is 3.25. The molecule has 0 spiro atoms. The summed E-state index contributed by atoms with van der Waals surface area (Å²) in [7, 11) is 1.60. The van der Waals surface area contributed by atoms with Crippen LogP contribution in [0.15, 0.2) is 48.7 Å². The topological polar surface area (TPSA) is 59.4 Å². The van der Waals surface area contributed by atoms with Gasteiger partial charge in [0.1, 0.15) is 5.75 Å². The van der Waals surface area contributed by atoms with E-state index in [1.807, 2.05) is 36.4 Å². The molecule has 0 saturated carbocycles. The Morgan fingerprint density at radius 1 is 1.30 bits per heavy atom. The number of hydrogen-bond acceptors (Lipinski definition) is 3. The Kier molecular flexibility index (Phi) is 4.15. The van der Waals surface area contributed by atoms with Crippen molar-refractivity contribution in [3.8, 4) is 17.0 Å². The largest absolute Gasteiger partial charge is 0.496 e. The van der Waals surface area contributed by atoms with Crippen LogP contribution in [-0.4, -0.2) is 23.2 Å². The fourth-order valence-corrected chi connectivity index (χ4v) is 1.94. The molecule has 0 unspecified atom stereocenters. The molecule has 0 saturated heterocycles. The minimum absolute atomic E-state index is 0.678. The Bertz CT molecular complexity index is 648. The Labute approximate surface area is 117 Å². The SMILES string of the molecule is COc1ccc(/C(C)=C/C(=O)O)cc1-c1ccccn1. The second-order valence-electron chi connectivity index (χ2n) is 4.30. The number of benzene rings is 1.